The molecule has 0 N–H and O–H groups in total. The van der Waals surface area contributed by atoms with Crippen LogP contribution in [0, 0.1) is 5.95 Å². The van der Waals surface area contributed by atoms with Gasteiger partial charge in [0.1, 0.15) is 6.61 Å². The zero-order valence-electron chi connectivity index (χ0n) is 7.18. The van der Waals surface area contributed by atoms with Crippen LogP contribution < -0.4 is 4.74 Å². The van der Waals surface area contributed by atoms with Crippen LogP contribution in [0.5, 0.6) is 5.75 Å². The third-order valence-electron chi connectivity index (χ3n) is 1.26. The Morgan fingerprint density at radius 3 is 3.00 bits per heavy atom. The SMILES string of the molecule is C=C(C)COc1cnc(F)cc1Cl. The van der Waals surface area contributed by atoms with Crippen LogP contribution in [0.25, 0.3) is 0 Å². The minimum Gasteiger partial charge on any atom is -0.486 e. The van der Waals surface area contributed by atoms with E-state index in [0.29, 0.717) is 12.4 Å². The minimum atomic E-state index is -0.618. The molecule has 1 heterocycles. The maximum absolute atomic E-state index is 12.5. The molecule has 0 aliphatic rings. The summed E-state index contributed by atoms with van der Waals surface area (Å²) in [6.45, 7) is 5.83. The summed E-state index contributed by atoms with van der Waals surface area (Å²) in [7, 11) is 0. The topological polar surface area (TPSA) is 22.1 Å². The smallest absolute Gasteiger partial charge is 0.214 e. The Morgan fingerprint density at radius 1 is 1.77 bits per heavy atom. The molecule has 1 rings (SSSR count). The highest BCUT2D eigenvalue weighted by molar-refractivity contribution is 6.31. The minimum absolute atomic E-state index is 0.216. The third kappa shape index (κ3) is 3.03. The van der Waals surface area contributed by atoms with Crippen LogP contribution in [0.3, 0.4) is 0 Å². The van der Waals surface area contributed by atoms with Crippen molar-refractivity contribution in [1.82, 2.24) is 4.98 Å². The first-order valence-corrected chi connectivity index (χ1v) is 4.05. The Kier molecular flexibility index (Phi) is 3.25. The van der Waals surface area contributed by atoms with Crippen molar-refractivity contribution in [3.05, 3.63) is 35.4 Å². The van der Waals surface area contributed by atoms with Gasteiger partial charge in [0.05, 0.1) is 11.2 Å². The number of pyridine rings is 1. The predicted molar refractivity (Wildman–Crippen MR) is 49.5 cm³/mol. The summed E-state index contributed by atoms with van der Waals surface area (Å²) in [5.74, 6) is -0.251. The summed E-state index contributed by atoms with van der Waals surface area (Å²) < 4.78 is 17.7. The van der Waals surface area contributed by atoms with E-state index in [4.69, 9.17) is 16.3 Å². The Morgan fingerprint density at radius 2 is 2.46 bits per heavy atom. The molecule has 0 amide bonds. The van der Waals surface area contributed by atoms with E-state index in [2.05, 4.69) is 11.6 Å². The molecule has 70 valence electrons. The second-order valence-electron chi connectivity index (χ2n) is 2.68. The Labute approximate surface area is 81.0 Å². The largest absolute Gasteiger partial charge is 0.486 e. The van der Waals surface area contributed by atoms with E-state index in [1.165, 1.54) is 6.20 Å². The molecule has 0 aromatic carbocycles. The van der Waals surface area contributed by atoms with Gasteiger partial charge in [-0.3, -0.25) is 0 Å². The number of rotatable bonds is 3. The van der Waals surface area contributed by atoms with Gasteiger partial charge in [0.25, 0.3) is 0 Å². The fourth-order valence-electron chi connectivity index (χ4n) is 0.702. The van der Waals surface area contributed by atoms with Crippen molar-refractivity contribution in [2.75, 3.05) is 6.61 Å². The van der Waals surface area contributed by atoms with Crippen LogP contribution in [0.15, 0.2) is 24.4 Å². The molecule has 0 atom stereocenters. The van der Waals surface area contributed by atoms with Crippen molar-refractivity contribution in [3.8, 4) is 5.75 Å². The van der Waals surface area contributed by atoms with Gasteiger partial charge in [0.2, 0.25) is 5.95 Å². The van der Waals surface area contributed by atoms with Gasteiger partial charge in [0, 0.05) is 6.07 Å². The second-order valence-corrected chi connectivity index (χ2v) is 3.09. The molecule has 0 unspecified atom stereocenters. The first-order valence-electron chi connectivity index (χ1n) is 3.68. The zero-order valence-corrected chi connectivity index (χ0v) is 7.94. The Hall–Kier alpha value is -1.09. The molecule has 0 saturated carbocycles. The highest BCUT2D eigenvalue weighted by Crippen LogP contribution is 2.23. The lowest BCUT2D eigenvalue weighted by molar-refractivity contribution is 0.350. The highest BCUT2D eigenvalue weighted by Gasteiger charge is 2.03. The van der Waals surface area contributed by atoms with E-state index < -0.39 is 5.95 Å². The van der Waals surface area contributed by atoms with Gasteiger partial charge in [-0.1, -0.05) is 18.2 Å². The molecule has 0 aliphatic heterocycles. The average Bonchev–Trinajstić information content (AvgIpc) is 2.02. The van der Waals surface area contributed by atoms with Crippen molar-refractivity contribution in [3.63, 3.8) is 0 Å². The first kappa shape index (κ1) is 9.99. The van der Waals surface area contributed by atoms with Crippen LogP contribution in [0.4, 0.5) is 4.39 Å². The lowest BCUT2D eigenvalue weighted by Gasteiger charge is -2.06. The fourth-order valence-corrected chi connectivity index (χ4v) is 0.895. The molecule has 0 radical (unpaired) electrons. The predicted octanol–water partition coefficient (Wildman–Crippen LogP) is 2.83. The summed E-state index contributed by atoms with van der Waals surface area (Å²) in [4.78, 5) is 3.41. The first-order chi connectivity index (χ1) is 6.09. The maximum Gasteiger partial charge on any atom is 0.214 e. The molecular formula is C9H9ClFNO. The number of aromatic nitrogens is 1. The van der Waals surface area contributed by atoms with Crippen LogP contribution in [-0.2, 0) is 0 Å². The van der Waals surface area contributed by atoms with E-state index in [9.17, 15) is 4.39 Å². The third-order valence-corrected chi connectivity index (χ3v) is 1.56. The molecule has 1 aromatic rings. The van der Waals surface area contributed by atoms with Crippen molar-refractivity contribution < 1.29 is 9.13 Å². The highest BCUT2D eigenvalue weighted by atomic mass is 35.5. The second kappa shape index (κ2) is 4.23. The van der Waals surface area contributed by atoms with Crippen molar-refractivity contribution in [1.29, 1.82) is 0 Å². The summed E-state index contributed by atoms with van der Waals surface area (Å²) in [6.07, 6.45) is 1.25. The van der Waals surface area contributed by atoms with E-state index in [0.717, 1.165) is 11.6 Å². The number of hydrogen-bond donors (Lipinski definition) is 0. The Bertz CT molecular complexity index is 327. The van der Waals surface area contributed by atoms with Gasteiger partial charge in [-0.15, -0.1) is 0 Å². The number of ether oxygens (including phenoxy) is 1. The normalized spacial score (nSPS) is 9.77. The molecule has 4 heteroatoms. The number of nitrogens with zero attached hydrogens (tertiary/aromatic N) is 1. The summed E-state index contributed by atoms with van der Waals surface area (Å²) in [5.41, 5.74) is 0.861. The van der Waals surface area contributed by atoms with Crippen LogP contribution >= 0.6 is 11.6 Å². The van der Waals surface area contributed by atoms with Crippen molar-refractivity contribution in [2.24, 2.45) is 0 Å². The van der Waals surface area contributed by atoms with Gasteiger partial charge in [-0.05, 0) is 12.5 Å². The summed E-state index contributed by atoms with van der Waals surface area (Å²) in [6, 6.07) is 1.11. The van der Waals surface area contributed by atoms with E-state index in [1.54, 1.807) is 0 Å². The van der Waals surface area contributed by atoms with E-state index in [1.807, 2.05) is 6.92 Å². The van der Waals surface area contributed by atoms with E-state index in [-0.39, 0.29) is 5.02 Å². The fraction of sp³-hybridized carbons (Fsp3) is 0.222. The Balaban J connectivity index is 2.72. The molecule has 2 nitrogen and oxygen atoms in total. The summed E-state index contributed by atoms with van der Waals surface area (Å²) in [5, 5.41) is 0.216. The van der Waals surface area contributed by atoms with Crippen LogP contribution in [-0.4, -0.2) is 11.6 Å². The standard InChI is InChI=1S/C9H9ClFNO/c1-6(2)5-13-8-4-12-9(11)3-7(8)10/h3-4H,1,5H2,2H3. The monoisotopic (exact) mass is 201 g/mol. The molecule has 0 bridgehead atoms. The molecule has 1 aromatic heterocycles. The molecule has 0 saturated heterocycles. The zero-order chi connectivity index (χ0) is 9.84. The molecule has 0 spiro atoms. The van der Waals surface area contributed by atoms with Crippen LogP contribution in [0.1, 0.15) is 6.92 Å². The lowest BCUT2D eigenvalue weighted by atomic mass is 10.4. The number of halogens is 2. The maximum atomic E-state index is 12.5. The molecular weight excluding hydrogens is 193 g/mol. The van der Waals surface area contributed by atoms with Crippen molar-refractivity contribution >= 4 is 11.6 Å². The number of hydrogen-bond acceptors (Lipinski definition) is 2. The van der Waals surface area contributed by atoms with Crippen LogP contribution in [0.2, 0.25) is 5.02 Å². The van der Waals surface area contributed by atoms with Gasteiger partial charge in [-0.25, -0.2) is 4.98 Å². The van der Waals surface area contributed by atoms with Gasteiger partial charge in [-0.2, -0.15) is 4.39 Å². The lowest BCUT2D eigenvalue weighted by Crippen LogP contribution is -1.99. The van der Waals surface area contributed by atoms with E-state index >= 15 is 0 Å². The van der Waals surface area contributed by atoms with Gasteiger partial charge >= 0.3 is 0 Å². The van der Waals surface area contributed by atoms with Gasteiger partial charge < -0.3 is 4.74 Å². The van der Waals surface area contributed by atoms with Crippen molar-refractivity contribution in [2.45, 2.75) is 6.92 Å². The average molecular weight is 202 g/mol. The molecule has 0 fully saturated rings. The van der Waals surface area contributed by atoms with Gasteiger partial charge in [0.15, 0.2) is 5.75 Å². The summed E-state index contributed by atoms with van der Waals surface area (Å²) >= 11 is 5.68. The molecule has 13 heavy (non-hydrogen) atoms. The molecule has 0 aliphatic carbocycles. The quantitative estimate of drug-likeness (QED) is 0.554.